The number of carboxylic acids is 1. The van der Waals surface area contributed by atoms with Crippen LogP contribution in [0.2, 0.25) is 0 Å². The highest BCUT2D eigenvalue weighted by Gasteiger charge is 2.53. The molecule has 0 aromatic heterocycles. The van der Waals surface area contributed by atoms with Crippen LogP contribution in [0.15, 0.2) is 0 Å². The lowest BCUT2D eigenvalue weighted by molar-refractivity contribution is -0.155. The molecule has 3 atom stereocenters. The van der Waals surface area contributed by atoms with Gasteiger partial charge >= 0.3 is 5.97 Å². The Morgan fingerprint density at radius 3 is 2.37 bits per heavy atom. The number of fused-ring (bicyclic) bond motifs is 1. The fourth-order valence-corrected chi connectivity index (χ4v) is 4.05. The first kappa shape index (κ1) is 14.3. The Balaban J connectivity index is 2.11. The maximum absolute atomic E-state index is 12.2. The topological polar surface area (TPSA) is 101 Å². The fourth-order valence-electron chi connectivity index (χ4n) is 2.66. The highest BCUT2D eigenvalue weighted by Crippen LogP contribution is 2.39. The van der Waals surface area contributed by atoms with Gasteiger partial charge in [0.15, 0.2) is 0 Å². The van der Waals surface area contributed by atoms with Gasteiger partial charge in [0, 0.05) is 11.5 Å². The second-order valence-electron chi connectivity index (χ2n) is 4.94. The Hall–Kier alpha value is -1.08. The number of carboxylic acid groups (broad SMARTS) is 1. The summed E-state index contributed by atoms with van der Waals surface area (Å²) in [6.45, 7) is 0.482. The van der Waals surface area contributed by atoms with Crippen molar-refractivity contribution < 1.29 is 19.5 Å². The van der Waals surface area contributed by atoms with E-state index in [0.29, 0.717) is 30.9 Å². The first-order valence-electron chi connectivity index (χ1n) is 6.45. The van der Waals surface area contributed by atoms with E-state index in [4.69, 9.17) is 5.73 Å². The lowest BCUT2D eigenvalue weighted by Gasteiger charge is -2.23. The molecule has 2 rings (SSSR count). The highest BCUT2D eigenvalue weighted by atomic mass is 32.2. The number of nitrogens with two attached hydrogens (primary N) is 1. The third-order valence-electron chi connectivity index (χ3n) is 3.72. The van der Waals surface area contributed by atoms with Gasteiger partial charge in [-0.2, -0.15) is 11.8 Å². The minimum absolute atomic E-state index is 0.288. The van der Waals surface area contributed by atoms with Crippen molar-refractivity contribution in [2.45, 2.75) is 25.3 Å². The number of thioether (sulfide) groups is 1. The van der Waals surface area contributed by atoms with Crippen molar-refractivity contribution in [2.24, 2.45) is 17.6 Å². The molecule has 2 aliphatic rings. The van der Waals surface area contributed by atoms with Gasteiger partial charge in [-0.05, 0) is 25.8 Å². The summed E-state index contributed by atoms with van der Waals surface area (Å²) in [6, 6.07) is -1.03. The molecule has 2 fully saturated rings. The Morgan fingerprint density at radius 1 is 1.32 bits per heavy atom. The van der Waals surface area contributed by atoms with Crippen LogP contribution in [0.4, 0.5) is 0 Å². The van der Waals surface area contributed by atoms with Gasteiger partial charge in [0.2, 0.25) is 11.8 Å². The Bertz CT molecular complexity index is 379. The number of hydrogen-bond acceptors (Lipinski definition) is 5. The van der Waals surface area contributed by atoms with E-state index in [9.17, 15) is 19.5 Å². The molecule has 0 aromatic rings. The van der Waals surface area contributed by atoms with Crippen molar-refractivity contribution in [1.29, 1.82) is 0 Å². The first-order valence-corrected chi connectivity index (χ1v) is 7.61. The first-order chi connectivity index (χ1) is 9.07. The molecular weight excluding hydrogens is 268 g/mol. The maximum atomic E-state index is 12.2. The Labute approximate surface area is 115 Å². The number of imide groups is 1. The van der Waals surface area contributed by atoms with Gasteiger partial charge in [-0.3, -0.25) is 14.5 Å². The molecule has 0 aromatic carbocycles. The second kappa shape index (κ2) is 5.92. The number of aliphatic carboxylic acids is 1. The van der Waals surface area contributed by atoms with Gasteiger partial charge in [0.25, 0.3) is 0 Å². The number of carbonyl (C=O) groups excluding carboxylic acids is 2. The van der Waals surface area contributed by atoms with Crippen LogP contribution in [0.1, 0.15) is 19.3 Å². The molecule has 19 heavy (non-hydrogen) atoms. The summed E-state index contributed by atoms with van der Waals surface area (Å²) in [7, 11) is 0. The number of nitrogens with zero attached hydrogens (tertiary/aromatic N) is 1. The number of likely N-dealkylation sites (tertiary alicyclic amines) is 1. The summed E-state index contributed by atoms with van der Waals surface area (Å²) in [5, 5.41) is 9.25. The third kappa shape index (κ3) is 2.62. The molecule has 0 aliphatic carbocycles. The summed E-state index contributed by atoms with van der Waals surface area (Å²) >= 11 is 1.58. The Kier molecular flexibility index (Phi) is 4.46. The number of amides is 2. The van der Waals surface area contributed by atoms with Crippen molar-refractivity contribution in [3.8, 4) is 0 Å². The molecule has 2 heterocycles. The monoisotopic (exact) mass is 286 g/mol. The van der Waals surface area contributed by atoms with Crippen molar-refractivity contribution in [3.05, 3.63) is 0 Å². The molecule has 3 N–H and O–H groups in total. The van der Waals surface area contributed by atoms with E-state index in [1.165, 1.54) is 0 Å². The molecule has 0 saturated carbocycles. The summed E-state index contributed by atoms with van der Waals surface area (Å²) in [5.74, 6) is -1.09. The standard InChI is InChI=1S/C12H18N2O4S/c13-4-2-1-3-9(12(17)18)14-10(15)7-5-19-6-8(7)11(14)16/h7-9H,1-6,13H2,(H,17,18)/t7-,8+,9-/m0/s1. The average Bonchev–Trinajstić information content (AvgIpc) is 2.92. The summed E-state index contributed by atoms with van der Waals surface area (Å²) in [6.07, 6.45) is 1.59. The van der Waals surface area contributed by atoms with Gasteiger partial charge in [-0.15, -0.1) is 0 Å². The summed E-state index contributed by atoms with van der Waals surface area (Å²) in [4.78, 5) is 36.7. The van der Waals surface area contributed by atoms with Crippen LogP contribution >= 0.6 is 11.8 Å². The van der Waals surface area contributed by atoms with E-state index in [0.717, 1.165) is 4.90 Å². The predicted molar refractivity (Wildman–Crippen MR) is 70.5 cm³/mol. The molecule has 0 bridgehead atoms. The van der Waals surface area contributed by atoms with E-state index in [2.05, 4.69) is 0 Å². The lowest BCUT2D eigenvalue weighted by atomic mass is 10.00. The van der Waals surface area contributed by atoms with E-state index in [1.807, 2.05) is 0 Å². The fraction of sp³-hybridized carbons (Fsp3) is 0.750. The number of carbonyl (C=O) groups is 3. The molecule has 6 nitrogen and oxygen atoms in total. The molecule has 2 saturated heterocycles. The molecule has 7 heteroatoms. The van der Waals surface area contributed by atoms with Gasteiger partial charge in [0.1, 0.15) is 6.04 Å². The maximum Gasteiger partial charge on any atom is 0.326 e. The van der Waals surface area contributed by atoms with Crippen molar-refractivity contribution in [2.75, 3.05) is 18.1 Å². The second-order valence-corrected chi connectivity index (χ2v) is 6.01. The van der Waals surface area contributed by atoms with Crippen LogP contribution < -0.4 is 5.73 Å². The quantitative estimate of drug-likeness (QED) is 0.523. The summed E-state index contributed by atoms with van der Waals surface area (Å²) < 4.78 is 0. The molecule has 0 spiro atoms. The number of unbranched alkanes of at least 4 members (excludes halogenated alkanes) is 1. The zero-order valence-corrected chi connectivity index (χ0v) is 11.4. The van der Waals surface area contributed by atoms with E-state index < -0.39 is 12.0 Å². The van der Waals surface area contributed by atoms with Gasteiger partial charge in [0.05, 0.1) is 11.8 Å². The van der Waals surface area contributed by atoms with Crippen LogP contribution in [-0.2, 0) is 14.4 Å². The zero-order chi connectivity index (χ0) is 14.0. The largest absolute Gasteiger partial charge is 0.480 e. The van der Waals surface area contributed by atoms with E-state index >= 15 is 0 Å². The Morgan fingerprint density at radius 2 is 1.89 bits per heavy atom. The third-order valence-corrected chi connectivity index (χ3v) is 4.91. The highest BCUT2D eigenvalue weighted by molar-refractivity contribution is 7.99. The van der Waals surface area contributed by atoms with Crippen molar-refractivity contribution in [3.63, 3.8) is 0 Å². The van der Waals surface area contributed by atoms with Crippen LogP contribution in [0, 0.1) is 11.8 Å². The number of rotatable bonds is 6. The molecular formula is C12H18N2O4S. The average molecular weight is 286 g/mol. The van der Waals surface area contributed by atoms with Gasteiger partial charge < -0.3 is 10.8 Å². The minimum Gasteiger partial charge on any atom is -0.480 e. The SMILES string of the molecule is NCCCC[C@@H](C(=O)O)N1C(=O)[C@H]2CSC[C@H]2C1=O. The van der Waals surface area contributed by atoms with E-state index in [-0.39, 0.29) is 30.1 Å². The zero-order valence-electron chi connectivity index (χ0n) is 10.6. The lowest BCUT2D eigenvalue weighted by Crippen LogP contribution is -2.46. The number of hydrogen-bond donors (Lipinski definition) is 2. The molecule has 106 valence electrons. The molecule has 0 radical (unpaired) electrons. The summed E-state index contributed by atoms with van der Waals surface area (Å²) in [5.41, 5.74) is 5.38. The smallest absolute Gasteiger partial charge is 0.326 e. The van der Waals surface area contributed by atoms with Gasteiger partial charge in [-0.1, -0.05) is 0 Å². The van der Waals surface area contributed by atoms with Crippen LogP contribution in [0.3, 0.4) is 0 Å². The normalized spacial score (nSPS) is 27.7. The van der Waals surface area contributed by atoms with E-state index in [1.54, 1.807) is 11.8 Å². The molecule has 2 amide bonds. The van der Waals surface area contributed by atoms with Crippen LogP contribution in [-0.4, -0.2) is 51.9 Å². The molecule has 2 aliphatic heterocycles. The van der Waals surface area contributed by atoms with Crippen molar-refractivity contribution >= 4 is 29.5 Å². The van der Waals surface area contributed by atoms with Gasteiger partial charge in [-0.25, -0.2) is 4.79 Å². The van der Waals surface area contributed by atoms with Crippen molar-refractivity contribution in [1.82, 2.24) is 4.90 Å². The molecule has 0 unspecified atom stereocenters. The minimum atomic E-state index is -1.11. The van der Waals surface area contributed by atoms with Crippen LogP contribution in [0.5, 0.6) is 0 Å². The van der Waals surface area contributed by atoms with Crippen LogP contribution in [0.25, 0.3) is 0 Å². The predicted octanol–water partition coefficient (Wildman–Crippen LogP) is -0.0834.